The molecule has 0 radical (unpaired) electrons. The lowest BCUT2D eigenvalue weighted by Crippen LogP contribution is -2.13. The van der Waals surface area contributed by atoms with Gasteiger partial charge in [0, 0.05) is 28.0 Å². The van der Waals surface area contributed by atoms with E-state index in [4.69, 9.17) is 11.6 Å². The first-order chi connectivity index (χ1) is 14.5. The van der Waals surface area contributed by atoms with Crippen LogP contribution in [0, 0.1) is 6.92 Å². The molecule has 1 amide bonds. The van der Waals surface area contributed by atoms with Crippen LogP contribution in [0.4, 0.5) is 11.5 Å². The Morgan fingerprint density at radius 3 is 2.70 bits per heavy atom. The number of anilines is 2. The minimum atomic E-state index is -0.198. The lowest BCUT2D eigenvalue weighted by atomic mass is 10.1. The van der Waals surface area contributed by atoms with E-state index in [1.807, 2.05) is 56.3 Å². The molecule has 1 unspecified atom stereocenters. The molecule has 0 fully saturated rings. The second kappa shape index (κ2) is 8.47. The molecule has 7 heteroatoms. The third kappa shape index (κ3) is 4.39. The monoisotopic (exact) mass is 417 g/mol. The summed E-state index contributed by atoms with van der Waals surface area (Å²) in [5.41, 5.74) is 3.91. The molecule has 0 saturated heterocycles. The van der Waals surface area contributed by atoms with Crippen LogP contribution in [0.25, 0.3) is 10.9 Å². The number of carbonyl (C=O) groups is 1. The van der Waals surface area contributed by atoms with E-state index in [1.165, 1.54) is 6.33 Å². The fraction of sp³-hybridized carbons (Fsp3) is 0.130. The number of hydrogen-bond acceptors (Lipinski definition) is 5. The summed E-state index contributed by atoms with van der Waals surface area (Å²) in [6.45, 7) is 3.91. The average molecular weight is 418 g/mol. The van der Waals surface area contributed by atoms with Gasteiger partial charge in [-0.05, 0) is 61.9 Å². The predicted octanol–water partition coefficient (Wildman–Crippen LogP) is 5.41. The van der Waals surface area contributed by atoms with E-state index in [1.54, 1.807) is 18.3 Å². The molecule has 2 aromatic carbocycles. The van der Waals surface area contributed by atoms with Gasteiger partial charge >= 0.3 is 0 Å². The van der Waals surface area contributed by atoms with Gasteiger partial charge in [0.1, 0.15) is 12.1 Å². The Morgan fingerprint density at radius 1 is 1.03 bits per heavy atom. The lowest BCUT2D eigenvalue weighted by molar-refractivity contribution is 0.102. The third-order valence-electron chi connectivity index (χ3n) is 4.77. The maximum Gasteiger partial charge on any atom is 0.257 e. The Morgan fingerprint density at radius 2 is 1.90 bits per heavy atom. The van der Waals surface area contributed by atoms with E-state index in [9.17, 15) is 4.79 Å². The van der Waals surface area contributed by atoms with Gasteiger partial charge in [-0.25, -0.2) is 9.97 Å². The molecule has 4 aromatic rings. The number of halogens is 1. The molecule has 30 heavy (non-hydrogen) atoms. The highest BCUT2D eigenvalue weighted by Gasteiger charge is 2.12. The Kier molecular flexibility index (Phi) is 5.59. The number of pyridine rings is 1. The molecule has 0 saturated carbocycles. The maximum atomic E-state index is 12.5. The summed E-state index contributed by atoms with van der Waals surface area (Å²) in [4.78, 5) is 25.3. The van der Waals surface area contributed by atoms with Crippen LogP contribution in [0.15, 0.2) is 67.1 Å². The van der Waals surface area contributed by atoms with Gasteiger partial charge in [-0.3, -0.25) is 9.78 Å². The van der Waals surface area contributed by atoms with Gasteiger partial charge in [-0.15, -0.1) is 0 Å². The molecule has 2 N–H and O–H groups in total. The first-order valence-corrected chi connectivity index (χ1v) is 9.88. The summed E-state index contributed by atoms with van der Waals surface area (Å²) in [6, 6.07) is 16.7. The summed E-state index contributed by atoms with van der Waals surface area (Å²) in [7, 11) is 0. The number of amides is 1. The quantitative estimate of drug-likeness (QED) is 0.453. The van der Waals surface area contributed by atoms with Crippen LogP contribution in [-0.2, 0) is 0 Å². The first-order valence-electron chi connectivity index (χ1n) is 9.50. The Hall–Kier alpha value is -3.51. The molecule has 4 rings (SSSR count). The molecule has 0 aliphatic rings. The van der Waals surface area contributed by atoms with Gasteiger partial charge in [0.05, 0.1) is 17.1 Å². The molecule has 0 spiro atoms. The highest BCUT2D eigenvalue weighted by atomic mass is 35.5. The zero-order valence-corrected chi connectivity index (χ0v) is 17.3. The van der Waals surface area contributed by atoms with Crippen molar-refractivity contribution in [2.45, 2.75) is 19.9 Å². The molecule has 0 aliphatic heterocycles. The SMILES string of the molecule is Cc1ccc(C(=O)Nc2cccc(C(C)Nc3ncnc4ccc(Cl)cc34)c2)cn1. The fourth-order valence-electron chi connectivity index (χ4n) is 3.12. The molecule has 150 valence electrons. The smallest absolute Gasteiger partial charge is 0.257 e. The van der Waals surface area contributed by atoms with E-state index in [0.717, 1.165) is 22.2 Å². The number of carbonyl (C=O) groups excluding carboxylic acids is 1. The van der Waals surface area contributed by atoms with Crippen molar-refractivity contribution >= 4 is 39.9 Å². The minimum absolute atomic E-state index is 0.0556. The summed E-state index contributed by atoms with van der Waals surface area (Å²) >= 11 is 6.14. The van der Waals surface area contributed by atoms with Gasteiger partial charge in [0.15, 0.2) is 0 Å². The van der Waals surface area contributed by atoms with Crippen LogP contribution < -0.4 is 10.6 Å². The van der Waals surface area contributed by atoms with Gasteiger partial charge < -0.3 is 10.6 Å². The van der Waals surface area contributed by atoms with Crippen molar-refractivity contribution in [3.63, 3.8) is 0 Å². The van der Waals surface area contributed by atoms with Crippen molar-refractivity contribution in [2.24, 2.45) is 0 Å². The minimum Gasteiger partial charge on any atom is -0.363 e. The second-order valence-electron chi connectivity index (χ2n) is 7.02. The Bertz CT molecular complexity index is 1210. The van der Waals surface area contributed by atoms with E-state index in [0.29, 0.717) is 22.1 Å². The lowest BCUT2D eigenvalue weighted by Gasteiger charge is -2.17. The number of aryl methyl sites for hydroxylation is 1. The number of hydrogen-bond donors (Lipinski definition) is 2. The number of rotatable bonds is 5. The van der Waals surface area contributed by atoms with Crippen LogP contribution in [0.2, 0.25) is 5.02 Å². The molecule has 6 nitrogen and oxygen atoms in total. The summed E-state index contributed by atoms with van der Waals surface area (Å²) in [5, 5.41) is 7.82. The molecule has 2 aromatic heterocycles. The molecular weight excluding hydrogens is 398 g/mol. The molecule has 0 bridgehead atoms. The number of nitrogens with zero attached hydrogens (tertiary/aromatic N) is 3. The van der Waals surface area contributed by atoms with E-state index < -0.39 is 0 Å². The van der Waals surface area contributed by atoms with Crippen molar-refractivity contribution in [3.8, 4) is 0 Å². The maximum absolute atomic E-state index is 12.5. The van der Waals surface area contributed by atoms with E-state index in [2.05, 4.69) is 25.6 Å². The normalized spacial score (nSPS) is 11.8. The van der Waals surface area contributed by atoms with Gasteiger partial charge in [0.2, 0.25) is 0 Å². The highest BCUT2D eigenvalue weighted by molar-refractivity contribution is 6.31. The number of aromatic nitrogens is 3. The van der Waals surface area contributed by atoms with Crippen LogP contribution in [0.1, 0.15) is 34.6 Å². The van der Waals surface area contributed by atoms with Crippen LogP contribution in [0.3, 0.4) is 0 Å². The first kappa shape index (κ1) is 19.8. The number of nitrogens with one attached hydrogen (secondary N) is 2. The molecule has 0 aliphatic carbocycles. The van der Waals surface area contributed by atoms with Crippen LogP contribution >= 0.6 is 11.6 Å². The number of fused-ring (bicyclic) bond motifs is 1. The molecule has 2 heterocycles. The Labute approximate surface area is 179 Å². The standard InChI is InChI=1S/C23H20ClN5O/c1-14-6-7-17(12-25-14)23(30)29-19-5-3-4-16(10-19)15(2)28-22-20-11-18(24)8-9-21(20)26-13-27-22/h3-13,15H,1-2H3,(H,29,30)(H,26,27,28). The van der Waals surface area contributed by atoms with Crippen molar-refractivity contribution in [2.75, 3.05) is 10.6 Å². The predicted molar refractivity (Wildman–Crippen MR) is 120 cm³/mol. The van der Waals surface area contributed by atoms with Gasteiger partial charge in [-0.2, -0.15) is 0 Å². The summed E-state index contributed by atoms with van der Waals surface area (Å²) in [6.07, 6.45) is 3.10. The van der Waals surface area contributed by atoms with Crippen molar-refractivity contribution in [1.82, 2.24) is 15.0 Å². The highest BCUT2D eigenvalue weighted by Crippen LogP contribution is 2.27. The van der Waals surface area contributed by atoms with Crippen molar-refractivity contribution in [1.29, 1.82) is 0 Å². The van der Waals surface area contributed by atoms with Gasteiger partial charge in [-0.1, -0.05) is 23.7 Å². The van der Waals surface area contributed by atoms with E-state index in [-0.39, 0.29) is 11.9 Å². The fourth-order valence-corrected chi connectivity index (χ4v) is 3.30. The van der Waals surface area contributed by atoms with Crippen LogP contribution in [0.5, 0.6) is 0 Å². The average Bonchev–Trinajstić information content (AvgIpc) is 2.75. The van der Waals surface area contributed by atoms with Crippen molar-refractivity contribution in [3.05, 3.63) is 89.0 Å². The zero-order valence-electron chi connectivity index (χ0n) is 16.6. The molecule has 1 atom stereocenters. The molecular formula is C23H20ClN5O. The Balaban J connectivity index is 1.53. The van der Waals surface area contributed by atoms with Crippen molar-refractivity contribution < 1.29 is 4.79 Å². The van der Waals surface area contributed by atoms with Crippen LogP contribution in [-0.4, -0.2) is 20.9 Å². The number of benzene rings is 2. The summed E-state index contributed by atoms with van der Waals surface area (Å²) < 4.78 is 0. The largest absolute Gasteiger partial charge is 0.363 e. The second-order valence-corrected chi connectivity index (χ2v) is 7.45. The van der Waals surface area contributed by atoms with Gasteiger partial charge in [0.25, 0.3) is 5.91 Å². The zero-order chi connectivity index (χ0) is 21.1. The third-order valence-corrected chi connectivity index (χ3v) is 5.00. The summed E-state index contributed by atoms with van der Waals surface area (Å²) in [5.74, 6) is 0.506. The van der Waals surface area contributed by atoms with E-state index >= 15 is 0 Å². The topological polar surface area (TPSA) is 79.8 Å².